The molecule has 0 amide bonds. The third-order valence-electron chi connectivity index (χ3n) is 3.62. The number of ether oxygens (including phenoxy) is 2. The average Bonchev–Trinajstić information content (AvgIpc) is 3.15. The molecule has 6 heteroatoms. The topological polar surface area (TPSA) is 66.1 Å². The summed E-state index contributed by atoms with van der Waals surface area (Å²) in [5, 5.41) is 8.01. The number of methoxy groups -OCH3 is 1. The van der Waals surface area contributed by atoms with E-state index in [4.69, 9.17) is 18.8 Å². The van der Waals surface area contributed by atoms with Crippen LogP contribution in [0.2, 0.25) is 0 Å². The molecule has 134 valence electrons. The lowest BCUT2D eigenvalue weighted by molar-refractivity contribution is 0.110. The van der Waals surface area contributed by atoms with Crippen LogP contribution < -0.4 is 9.47 Å². The molecule has 0 saturated heterocycles. The van der Waals surface area contributed by atoms with Gasteiger partial charge in [-0.15, -0.1) is 0 Å². The number of nitrogens with zero attached hydrogens (tertiary/aromatic N) is 2. The summed E-state index contributed by atoms with van der Waals surface area (Å²) in [7, 11) is 1.62. The van der Waals surface area contributed by atoms with Gasteiger partial charge in [0.05, 0.1) is 19.9 Å². The Balaban J connectivity index is 1.56. The van der Waals surface area contributed by atoms with E-state index in [1.54, 1.807) is 13.3 Å². The number of para-hydroxylation sites is 1. The van der Waals surface area contributed by atoms with Gasteiger partial charge in [-0.25, -0.2) is 0 Å². The third-order valence-corrected chi connectivity index (χ3v) is 3.62. The van der Waals surface area contributed by atoms with Crippen LogP contribution in [0.4, 0.5) is 0 Å². The Bertz CT molecular complexity index is 856. The summed E-state index contributed by atoms with van der Waals surface area (Å²) in [6, 6.07) is 17.0. The van der Waals surface area contributed by atoms with Crippen molar-refractivity contribution in [1.29, 1.82) is 0 Å². The molecule has 0 aliphatic heterocycles. The maximum absolute atomic E-state index is 5.40. The van der Waals surface area contributed by atoms with E-state index in [0.717, 1.165) is 22.6 Å². The lowest BCUT2D eigenvalue weighted by Gasteiger charge is -2.03. The predicted octanol–water partition coefficient (Wildman–Crippen LogP) is 4.30. The Morgan fingerprint density at radius 1 is 1.12 bits per heavy atom. The van der Waals surface area contributed by atoms with Gasteiger partial charge >= 0.3 is 0 Å². The Morgan fingerprint density at radius 3 is 2.69 bits per heavy atom. The first-order chi connectivity index (χ1) is 12.8. The van der Waals surface area contributed by atoms with Crippen molar-refractivity contribution in [2.75, 3.05) is 13.7 Å². The molecule has 26 heavy (non-hydrogen) atoms. The molecular weight excluding hydrogens is 332 g/mol. The van der Waals surface area contributed by atoms with Crippen molar-refractivity contribution in [1.82, 2.24) is 5.16 Å². The fourth-order valence-electron chi connectivity index (χ4n) is 2.38. The molecule has 0 aliphatic rings. The highest BCUT2D eigenvalue weighted by Crippen LogP contribution is 2.29. The lowest BCUT2D eigenvalue weighted by atomic mass is 10.1. The van der Waals surface area contributed by atoms with E-state index in [2.05, 4.69) is 10.3 Å². The van der Waals surface area contributed by atoms with Crippen molar-refractivity contribution >= 4 is 6.21 Å². The van der Waals surface area contributed by atoms with Crippen LogP contribution in [0, 0.1) is 0 Å². The van der Waals surface area contributed by atoms with Crippen molar-refractivity contribution in [3.05, 3.63) is 65.9 Å². The van der Waals surface area contributed by atoms with Crippen molar-refractivity contribution in [2.24, 2.45) is 5.16 Å². The summed E-state index contributed by atoms with van der Waals surface area (Å²) in [6.07, 6.45) is 1.63. The zero-order chi connectivity index (χ0) is 18.2. The Kier molecular flexibility index (Phi) is 5.88. The molecule has 3 aromatic rings. The summed E-state index contributed by atoms with van der Waals surface area (Å²) in [6.45, 7) is 2.78. The van der Waals surface area contributed by atoms with Gasteiger partial charge in [0.15, 0.2) is 12.4 Å². The summed E-state index contributed by atoms with van der Waals surface area (Å²) in [5.74, 6) is 2.15. The van der Waals surface area contributed by atoms with E-state index < -0.39 is 0 Å². The molecule has 0 unspecified atom stereocenters. The van der Waals surface area contributed by atoms with Gasteiger partial charge in [-0.2, -0.15) is 0 Å². The Morgan fingerprint density at radius 2 is 1.92 bits per heavy atom. The number of benzene rings is 2. The molecular formula is C20H20N2O4. The minimum atomic E-state index is 0.190. The molecule has 3 rings (SSSR count). The van der Waals surface area contributed by atoms with Crippen molar-refractivity contribution < 1.29 is 18.8 Å². The Labute approximate surface area is 152 Å². The minimum absolute atomic E-state index is 0.190. The van der Waals surface area contributed by atoms with Gasteiger partial charge in [0.2, 0.25) is 0 Å². The highest BCUT2D eigenvalue weighted by atomic mass is 16.6. The monoisotopic (exact) mass is 352 g/mol. The zero-order valence-electron chi connectivity index (χ0n) is 14.7. The quantitative estimate of drug-likeness (QED) is 0.447. The normalized spacial score (nSPS) is 10.8. The summed E-state index contributed by atoms with van der Waals surface area (Å²) < 4.78 is 16.0. The predicted molar refractivity (Wildman–Crippen MR) is 98.5 cm³/mol. The van der Waals surface area contributed by atoms with E-state index in [1.807, 2.05) is 61.5 Å². The van der Waals surface area contributed by atoms with Crippen molar-refractivity contribution in [3.63, 3.8) is 0 Å². The molecule has 6 nitrogen and oxygen atoms in total. The summed E-state index contributed by atoms with van der Waals surface area (Å²) >= 11 is 0. The molecule has 0 saturated carbocycles. The van der Waals surface area contributed by atoms with Crippen molar-refractivity contribution in [3.8, 4) is 22.8 Å². The maximum Gasteiger partial charge on any atom is 0.177 e. The number of aromatic nitrogens is 1. The van der Waals surface area contributed by atoms with Crippen LogP contribution in [0.1, 0.15) is 18.2 Å². The van der Waals surface area contributed by atoms with Crippen LogP contribution >= 0.6 is 0 Å². The molecule has 1 heterocycles. The van der Waals surface area contributed by atoms with Gasteiger partial charge in [-0.05, 0) is 48.9 Å². The standard InChI is InChI=1S/C20H20N2O4/c1-3-24-16-10-8-15(9-11-16)13-21-25-14-17-12-19(22-26-17)18-6-4-5-7-20(18)23-2/h4-13H,3,14H2,1-2H3/b21-13+. The SMILES string of the molecule is CCOc1ccc(/C=N/OCc2cc(-c3ccccc3OC)no2)cc1. The van der Waals surface area contributed by atoms with Gasteiger partial charge in [-0.1, -0.05) is 22.4 Å². The molecule has 0 fully saturated rings. The van der Waals surface area contributed by atoms with Gasteiger partial charge in [0.1, 0.15) is 17.2 Å². The number of rotatable bonds is 8. The largest absolute Gasteiger partial charge is 0.496 e. The first kappa shape index (κ1) is 17.5. The van der Waals surface area contributed by atoms with Crippen molar-refractivity contribution in [2.45, 2.75) is 13.5 Å². The van der Waals surface area contributed by atoms with E-state index in [9.17, 15) is 0 Å². The number of hydrogen-bond donors (Lipinski definition) is 0. The lowest BCUT2D eigenvalue weighted by Crippen LogP contribution is -1.91. The zero-order valence-corrected chi connectivity index (χ0v) is 14.7. The molecule has 2 aromatic carbocycles. The number of hydrogen-bond acceptors (Lipinski definition) is 6. The molecule has 0 radical (unpaired) electrons. The molecule has 1 aromatic heterocycles. The van der Waals surface area contributed by atoms with Gasteiger partial charge in [-0.3, -0.25) is 0 Å². The third kappa shape index (κ3) is 4.42. The average molecular weight is 352 g/mol. The second-order valence-corrected chi connectivity index (χ2v) is 5.39. The van der Waals surface area contributed by atoms with Gasteiger partial charge < -0.3 is 18.8 Å². The fraction of sp³-hybridized carbons (Fsp3) is 0.200. The highest BCUT2D eigenvalue weighted by Gasteiger charge is 2.11. The second-order valence-electron chi connectivity index (χ2n) is 5.39. The summed E-state index contributed by atoms with van der Waals surface area (Å²) in [5.41, 5.74) is 2.47. The molecule has 0 atom stereocenters. The van der Waals surface area contributed by atoms with Crippen LogP contribution in [0.25, 0.3) is 11.3 Å². The second kappa shape index (κ2) is 8.71. The van der Waals surface area contributed by atoms with Crippen LogP contribution in [0.15, 0.2) is 64.3 Å². The number of oxime groups is 1. The first-order valence-corrected chi connectivity index (χ1v) is 8.27. The van der Waals surface area contributed by atoms with Gasteiger partial charge in [0, 0.05) is 11.6 Å². The van der Waals surface area contributed by atoms with Crippen LogP contribution in [0.3, 0.4) is 0 Å². The van der Waals surface area contributed by atoms with E-state index >= 15 is 0 Å². The molecule has 0 N–H and O–H groups in total. The fourth-order valence-corrected chi connectivity index (χ4v) is 2.38. The molecule has 0 aliphatic carbocycles. The molecule has 0 spiro atoms. The minimum Gasteiger partial charge on any atom is -0.496 e. The van der Waals surface area contributed by atoms with Gasteiger partial charge in [0.25, 0.3) is 0 Å². The molecule has 0 bridgehead atoms. The first-order valence-electron chi connectivity index (χ1n) is 8.27. The van der Waals surface area contributed by atoms with Crippen LogP contribution in [0.5, 0.6) is 11.5 Å². The smallest absolute Gasteiger partial charge is 0.177 e. The van der Waals surface area contributed by atoms with Crippen LogP contribution in [-0.4, -0.2) is 25.1 Å². The Hall–Kier alpha value is -3.28. The summed E-state index contributed by atoms with van der Waals surface area (Å²) in [4.78, 5) is 5.28. The van der Waals surface area contributed by atoms with E-state index in [1.165, 1.54) is 0 Å². The van der Waals surface area contributed by atoms with E-state index in [0.29, 0.717) is 18.1 Å². The highest BCUT2D eigenvalue weighted by molar-refractivity contribution is 5.79. The maximum atomic E-state index is 5.40. The van der Waals surface area contributed by atoms with Crippen LogP contribution in [-0.2, 0) is 11.4 Å². The van der Waals surface area contributed by atoms with E-state index in [-0.39, 0.29) is 6.61 Å².